The lowest BCUT2D eigenvalue weighted by atomic mass is 9.92. The van der Waals surface area contributed by atoms with E-state index in [1.807, 2.05) is 24.3 Å². The number of nitriles is 2. The summed E-state index contributed by atoms with van der Waals surface area (Å²) in [6, 6.07) is 7.42. The highest BCUT2D eigenvalue weighted by Crippen LogP contribution is 2.32. The van der Waals surface area contributed by atoms with E-state index < -0.39 is 0 Å². The van der Waals surface area contributed by atoms with Gasteiger partial charge in [0.1, 0.15) is 30.9 Å². The first-order chi connectivity index (χ1) is 16.7. The molecule has 0 saturated heterocycles. The summed E-state index contributed by atoms with van der Waals surface area (Å²) in [6.07, 6.45) is 11.0. The molecule has 8 nitrogen and oxygen atoms in total. The van der Waals surface area contributed by atoms with Gasteiger partial charge in [0.2, 0.25) is 0 Å². The van der Waals surface area contributed by atoms with Crippen molar-refractivity contribution in [1.82, 2.24) is 19.9 Å². The molecule has 0 saturated carbocycles. The molecule has 2 aliphatic carbocycles. The Hall–Kier alpha value is -5.44. The fourth-order valence-corrected chi connectivity index (χ4v) is 4.42. The van der Waals surface area contributed by atoms with E-state index in [1.54, 1.807) is 36.9 Å². The molecule has 2 aliphatic rings. The molecule has 3 aromatic rings. The number of benzene rings is 1. The third kappa shape index (κ3) is 3.12. The van der Waals surface area contributed by atoms with Crippen LogP contribution in [0.4, 0.5) is 0 Å². The van der Waals surface area contributed by atoms with Crippen molar-refractivity contribution in [1.29, 1.82) is 10.5 Å². The Kier molecular flexibility index (Phi) is 4.96. The van der Waals surface area contributed by atoms with Crippen molar-refractivity contribution in [2.24, 2.45) is 0 Å². The fourth-order valence-electron chi connectivity index (χ4n) is 4.42. The summed E-state index contributed by atoms with van der Waals surface area (Å²) in [7, 11) is 0. The average Bonchev–Trinajstić information content (AvgIpc) is 3.50. The molecule has 2 heterocycles. The molecule has 0 unspecified atom stereocenters. The van der Waals surface area contributed by atoms with Gasteiger partial charge in [-0.05, 0) is 51.8 Å². The van der Waals surface area contributed by atoms with Crippen molar-refractivity contribution in [3.8, 4) is 34.9 Å². The lowest BCUT2D eigenvalue weighted by Gasteiger charge is -2.13. The topological polar surface area (TPSA) is 108 Å². The minimum absolute atomic E-state index is 0.0111. The van der Waals surface area contributed by atoms with Gasteiger partial charge in [0.25, 0.3) is 0 Å². The normalized spacial score (nSPS) is 12.7. The second-order valence-electron chi connectivity index (χ2n) is 7.52. The molecule has 8 heteroatoms. The molecule has 0 amide bonds. The second-order valence-corrected chi connectivity index (χ2v) is 7.52. The predicted octanol–water partition coefficient (Wildman–Crippen LogP) is 2.67. The zero-order chi connectivity index (χ0) is 23.7. The summed E-state index contributed by atoms with van der Waals surface area (Å²) < 4.78 is 0. The van der Waals surface area contributed by atoms with Crippen LogP contribution in [0.1, 0.15) is 11.1 Å². The Bertz CT molecular complexity index is 1560. The highest BCUT2D eigenvalue weighted by molar-refractivity contribution is 5.84. The SMILES string of the molecule is [C-]#[N+]C([N+]#[C-])=C1C=c2c(c(-c3ncccn3)c3c(c2-c2ncccn2)CC(=C(C#N)C#N)C=3)C1. The average molecular weight is 436 g/mol. The number of fused-ring (bicyclic) bond motifs is 2. The zero-order valence-electron chi connectivity index (χ0n) is 17.6. The van der Waals surface area contributed by atoms with Gasteiger partial charge in [-0.1, -0.05) is 6.08 Å². The van der Waals surface area contributed by atoms with Gasteiger partial charge in [-0.25, -0.2) is 19.9 Å². The van der Waals surface area contributed by atoms with Crippen molar-refractivity contribution in [2.45, 2.75) is 12.8 Å². The lowest BCUT2D eigenvalue weighted by Crippen LogP contribution is -2.24. The molecule has 0 radical (unpaired) electrons. The molecule has 0 aliphatic heterocycles. The van der Waals surface area contributed by atoms with Crippen LogP contribution >= 0.6 is 0 Å². The molecule has 0 bridgehead atoms. The first-order valence-electron chi connectivity index (χ1n) is 10.2. The maximum Gasteiger partial charge on any atom is 0.522 e. The fraction of sp³-hybridized carbons (Fsp3) is 0.0769. The second kappa shape index (κ2) is 8.24. The number of aromatic nitrogens is 4. The Balaban J connectivity index is 1.98. The van der Waals surface area contributed by atoms with E-state index >= 15 is 0 Å². The van der Waals surface area contributed by atoms with Gasteiger partial charge in [0.05, 0.1) is 5.57 Å². The maximum absolute atomic E-state index is 9.49. The van der Waals surface area contributed by atoms with E-state index in [4.69, 9.17) is 13.1 Å². The first kappa shape index (κ1) is 20.5. The van der Waals surface area contributed by atoms with E-state index in [0.717, 1.165) is 32.7 Å². The monoisotopic (exact) mass is 436 g/mol. The Morgan fingerprint density at radius 2 is 1.18 bits per heavy atom. The minimum Gasteiger partial charge on any atom is -0.237 e. The van der Waals surface area contributed by atoms with Crippen molar-refractivity contribution in [3.63, 3.8) is 0 Å². The number of nitrogens with zero attached hydrogens (tertiary/aromatic N) is 8. The van der Waals surface area contributed by atoms with E-state index in [0.29, 0.717) is 35.6 Å². The molecule has 0 spiro atoms. The van der Waals surface area contributed by atoms with Crippen LogP contribution in [0.2, 0.25) is 0 Å². The van der Waals surface area contributed by atoms with Crippen LogP contribution in [0, 0.1) is 35.8 Å². The molecule has 0 N–H and O–H groups in total. The van der Waals surface area contributed by atoms with E-state index in [1.165, 1.54) is 0 Å². The predicted molar refractivity (Wildman–Crippen MR) is 123 cm³/mol. The molecule has 156 valence electrons. The van der Waals surface area contributed by atoms with Gasteiger partial charge in [0, 0.05) is 42.3 Å². The van der Waals surface area contributed by atoms with E-state index in [9.17, 15) is 10.5 Å². The highest BCUT2D eigenvalue weighted by atomic mass is 14.9. The zero-order valence-corrected chi connectivity index (χ0v) is 17.6. The van der Waals surface area contributed by atoms with Gasteiger partial charge >= 0.3 is 5.82 Å². The van der Waals surface area contributed by atoms with Crippen LogP contribution in [0.25, 0.3) is 44.6 Å². The summed E-state index contributed by atoms with van der Waals surface area (Å²) in [5.41, 5.74) is 4.51. The van der Waals surface area contributed by atoms with Crippen molar-refractivity contribution in [2.75, 3.05) is 0 Å². The molecular weight excluding hydrogens is 424 g/mol. The van der Waals surface area contributed by atoms with Gasteiger partial charge in [-0.15, -0.1) is 0 Å². The van der Waals surface area contributed by atoms with Crippen molar-refractivity contribution in [3.05, 3.63) is 104 Å². The quantitative estimate of drug-likeness (QED) is 0.451. The first-order valence-corrected chi connectivity index (χ1v) is 10.2. The molecule has 0 atom stereocenters. The molecule has 34 heavy (non-hydrogen) atoms. The molecule has 2 aromatic heterocycles. The van der Waals surface area contributed by atoms with Crippen molar-refractivity contribution < 1.29 is 0 Å². The number of rotatable bonds is 2. The van der Waals surface area contributed by atoms with Gasteiger partial charge < -0.3 is 0 Å². The van der Waals surface area contributed by atoms with Crippen LogP contribution in [0.3, 0.4) is 0 Å². The number of allylic oxidation sites excluding steroid dienone is 3. The summed E-state index contributed by atoms with van der Waals surface area (Å²) in [5, 5.41) is 20.6. The van der Waals surface area contributed by atoms with Crippen LogP contribution in [-0.2, 0) is 12.8 Å². The Labute approximate surface area is 194 Å². The molecule has 1 aromatic carbocycles. The van der Waals surface area contributed by atoms with Gasteiger partial charge in [-0.3, -0.25) is 0 Å². The minimum atomic E-state index is 0.0111. The Morgan fingerprint density at radius 3 is 1.62 bits per heavy atom. The number of hydrogen-bond donors (Lipinski definition) is 0. The largest absolute Gasteiger partial charge is 0.522 e. The molecule has 5 rings (SSSR count). The summed E-state index contributed by atoms with van der Waals surface area (Å²) >= 11 is 0. The van der Waals surface area contributed by atoms with Crippen LogP contribution < -0.4 is 10.4 Å². The van der Waals surface area contributed by atoms with Gasteiger partial charge in [0.15, 0.2) is 11.6 Å². The standard InChI is InChI=1S/C26H12N8/c1-29-24(30-2)16-11-20-21(12-16)23(26-33-7-4-8-34-26)19-10-15(17(13-27)14-28)9-18(19)22(20)25-31-5-3-6-32-25/h3-9,12H,10-11H2. The summed E-state index contributed by atoms with van der Waals surface area (Å²) in [5.74, 6) is 0.993. The van der Waals surface area contributed by atoms with E-state index in [-0.39, 0.29) is 11.4 Å². The smallest absolute Gasteiger partial charge is 0.237 e. The van der Waals surface area contributed by atoms with Crippen LogP contribution in [0.15, 0.2) is 59.5 Å². The van der Waals surface area contributed by atoms with E-state index in [2.05, 4.69) is 29.6 Å². The van der Waals surface area contributed by atoms with Crippen LogP contribution in [-0.4, -0.2) is 19.9 Å². The number of hydrogen-bond acceptors (Lipinski definition) is 6. The molecular formula is C26H12N8. The molecule has 0 fully saturated rings. The Morgan fingerprint density at radius 1 is 0.735 bits per heavy atom. The third-order valence-corrected chi connectivity index (χ3v) is 5.79. The lowest BCUT2D eigenvalue weighted by molar-refractivity contribution is 1.10. The summed E-state index contributed by atoms with van der Waals surface area (Å²) in [4.78, 5) is 24.7. The third-order valence-electron chi connectivity index (χ3n) is 5.79. The van der Waals surface area contributed by atoms with Crippen molar-refractivity contribution >= 4 is 12.2 Å². The summed E-state index contributed by atoms with van der Waals surface area (Å²) in [6.45, 7) is 14.9. The van der Waals surface area contributed by atoms with Crippen LogP contribution in [0.5, 0.6) is 0 Å². The maximum atomic E-state index is 9.49. The highest BCUT2D eigenvalue weighted by Gasteiger charge is 2.30. The van der Waals surface area contributed by atoms with Gasteiger partial charge in [-0.2, -0.15) is 20.2 Å².